The number of rotatable bonds is 9. The van der Waals surface area contributed by atoms with Crippen molar-refractivity contribution < 1.29 is 28.8 Å². The summed E-state index contributed by atoms with van der Waals surface area (Å²) in [5, 5.41) is 13.6. The number of anilines is 2. The van der Waals surface area contributed by atoms with Gasteiger partial charge in [-0.15, -0.1) is 0 Å². The van der Waals surface area contributed by atoms with Gasteiger partial charge in [0.2, 0.25) is 11.8 Å². The van der Waals surface area contributed by atoms with E-state index in [1.165, 1.54) is 24.3 Å². The normalized spacial score (nSPS) is 18.7. The van der Waals surface area contributed by atoms with Crippen molar-refractivity contribution in [2.45, 2.75) is 30.0 Å². The van der Waals surface area contributed by atoms with Crippen LogP contribution >= 0.6 is 23.1 Å². The number of thiazole rings is 1. The van der Waals surface area contributed by atoms with E-state index in [0.29, 0.717) is 32.7 Å². The molecule has 0 spiro atoms. The highest BCUT2D eigenvalue weighted by Gasteiger charge is 2.56. The minimum atomic E-state index is -0.863. The molecule has 1 fully saturated rings. The average molecular weight is 647 g/mol. The lowest BCUT2D eigenvalue weighted by atomic mass is 9.83. The van der Waals surface area contributed by atoms with Crippen LogP contribution in [0.5, 0.6) is 11.5 Å². The number of H-pyrrole nitrogens is 1. The highest BCUT2D eigenvalue weighted by Crippen LogP contribution is 2.53. The van der Waals surface area contributed by atoms with Gasteiger partial charge in [-0.05, 0) is 55.3 Å². The standard InChI is InChI=1S/C31H26N4O8S2/c1-3-42-22-14-17(8-13-21(22)43-15-23(36)32-20-7-5-4-6-16(20)2)24-25-27(44-28-26(24)45-31(39)33-28)30(38)34(29(25)37)18-9-11-19(12-10-18)35(40)41/h4-14,24-25,27H,3,15H2,1-2H3,(H,32,36)(H,33,39)/t24-,25-,27+/m0/s1. The molecular weight excluding hydrogens is 620 g/mol. The SMILES string of the molecule is CCOc1cc([C@@H]2c3sc(=O)[nH]c3S[C@H]3C(=O)N(c4ccc([N+](=O)[O-])cc4)C(=O)[C@@H]23)ccc1OCC(=O)Nc1ccccc1C. The molecule has 3 amide bonds. The smallest absolute Gasteiger partial charge is 0.305 e. The predicted molar refractivity (Wildman–Crippen MR) is 168 cm³/mol. The van der Waals surface area contributed by atoms with Crippen LogP contribution in [0.2, 0.25) is 0 Å². The molecule has 6 rings (SSSR count). The number of nitro benzene ring substituents is 1. The molecule has 0 aliphatic carbocycles. The Morgan fingerprint density at radius 3 is 2.49 bits per heavy atom. The zero-order valence-corrected chi connectivity index (χ0v) is 25.6. The van der Waals surface area contributed by atoms with Crippen molar-refractivity contribution >= 4 is 57.9 Å². The highest BCUT2D eigenvalue weighted by molar-refractivity contribution is 8.00. The Morgan fingerprint density at radius 2 is 1.78 bits per heavy atom. The number of non-ortho nitro benzene ring substituents is 1. The Hall–Kier alpha value is -4.95. The van der Waals surface area contributed by atoms with Crippen LogP contribution < -0.4 is 24.6 Å². The molecule has 4 aromatic rings. The molecule has 45 heavy (non-hydrogen) atoms. The van der Waals surface area contributed by atoms with E-state index >= 15 is 0 Å². The van der Waals surface area contributed by atoms with Crippen molar-refractivity contribution in [1.29, 1.82) is 0 Å². The number of benzene rings is 3. The van der Waals surface area contributed by atoms with Crippen molar-refractivity contribution in [2.75, 3.05) is 23.4 Å². The topological polar surface area (TPSA) is 161 Å². The van der Waals surface area contributed by atoms with Crippen molar-refractivity contribution in [3.05, 3.63) is 103 Å². The third kappa shape index (κ3) is 5.69. The van der Waals surface area contributed by atoms with Crippen molar-refractivity contribution in [2.24, 2.45) is 5.92 Å². The summed E-state index contributed by atoms with van der Waals surface area (Å²) in [6.45, 7) is 3.69. The Kier molecular flexibility index (Phi) is 8.16. The van der Waals surface area contributed by atoms with Crippen LogP contribution in [0.3, 0.4) is 0 Å². The second-order valence-corrected chi connectivity index (χ2v) is 12.5. The molecule has 1 saturated heterocycles. The van der Waals surface area contributed by atoms with Crippen molar-refractivity contribution in [3.8, 4) is 11.5 Å². The fourth-order valence-corrected chi connectivity index (χ4v) is 8.02. The molecule has 12 nitrogen and oxygen atoms in total. The first kappa shape index (κ1) is 30.1. The molecule has 0 unspecified atom stereocenters. The van der Waals surface area contributed by atoms with Crippen LogP contribution in [0.15, 0.2) is 76.6 Å². The number of amides is 3. The first-order chi connectivity index (χ1) is 21.7. The Balaban J connectivity index is 1.31. The third-order valence-electron chi connectivity index (χ3n) is 7.55. The van der Waals surface area contributed by atoms with Gasteiger partial charge in [0.05, 0.1) is 28.2 Å². The van der Waals surface area contributed by atoms with Crippen LogP contribution in [-0.4, -0.2) is 46.1 Å². The lowest BCUT2D eigenvalue weighted by Crippen LogP contribution is -2.32. The largest absolute Gasteiger partial charge is 0.490 e. The first-order valence-corrected chi connectivity index (χ1v) is 15.6. The molecule has 3 aromatic carbocycles. The Morgan fingerprint density at radius 1 is 1.02 bits per heavy atom. The Labute approximate surface area is 264 Å². The van der Waals surface area contributed by atoms with E-state index in [-0.39, 0.29) is 35.4 Å². The van der Waals surface area contributed by atoms with Gasteiger partial charge in [-0.1, -0.05) is 47.4 Å². The minimum absolute atomic E-state index is 0.166. The first-order valence-electron chi connectivity index (χ1n) is 13.9. The van der Waals surface area contributed by atoms with E-state index in [9.17, 15) is 29.3 Å². The monoisotopic (exact) mass is 646 g/mol. The third-order valence-corrected chi connectivity index (χ3v) is 9.95. The number of hydrogen-bond donors (Lipinski definition) is 2. The summed E-state index contributed by atoms with van der Waals surface area (Å²) < 4.78 is 11.7. The number of ether oxygens (including phenoxy) is 2. The second kappa shape index (κ2) is 12.2. The zero-order chi connectivity index (χ0) is 31.8. The van der Waals surface area contributed by atoms with Crippen molar-refractivity contribution in [1.82, 2.24) is 4.98 Å². The Bertz CT molecular complexity index is 1890. The van der Waals surface area contributed by atoms with Gasteiger partial charge >= 0.3 is 4.87 Å². The van der Waals surface area contributed by atoms with Crippen LogP contribution in [0.1, 0.15) is 28.8 Å². The van der Waals surface area contributed by atoms with Gasteiger partial charge < -0.3 is 19.8 Å². The number of aromatic amines is 1. The quantitative estimate of drug-likeness (QED) is 0.147. The number of imide groups is 1. The molecule has 0 bridgehead atoms. The van der Waals surface area contributed by atoms with E-state index in [1.54, 1.807) is 31.2 Å². The molecule has 3 heterocycles. The van der Waals surface area contributed by atoms with Crippen LogP contribution in [0.25, 0.3) is 0 Å². The van der Waals surface area contributed by atoms with Crippen LogP contribution in [-0.2, 0) is 14.4 Å². The van der Waals surface area contributed by atoms with Crippen molar-refractivity contribution in [3.63, 3.8) is 0 Å². The number of nitrogens with zero attached hydrogens (tertiary/aromatic N) is 2. The summed E-state index contributed by atoms with van der Waals surface area (Å²) >= 11 is 2.10. The molecule has 0 radical (unpaired) electrons. The highest BCUT2D eigenvalue weighted by atomic mass is 32.2. The summed E-state index contributed by atoms with van der Waals surface area (Å²) in [5.41, 5.74) is 2.27. The summed E-state index contributed by atoms with van der Waals surface area (Å²) in [6.07, 6.45) is 0. The molecule has 1 aromatic heterocycles. The number of nitro groups is 1. The number of aryl methyl sites for hydroxylation is 1. The molecule has 3 atom stereocenters. The van der Waals surface area contributed by atoms with Gasteiger partial charge in [0, 0.05) is 28.6 Å². The van der Waals surface area contributed by atoms with Gasteiger partial charge in [0.1, 0.15) is 5.25 Å². The number of carbonyl (C=O) groups is 3. The van der Waals surface area contributed by atoms with Crippen LogP contribution in [0.4, 0.5) is 17.1 Å². The average Bonchev–Trinajstić information content (AvgIpc) is 3.51. The fourth-order valence-electron chi connectivity index (χ4n) is 5.50. The summed E-state index contributed by atoms with van der Waals surface area (Å²) in [5.74, 6) is -2.20. The van der Waals surface area contributed by atoms with Gasteiger partial charge in [-0.2, -0.15) is 0 Å². The van der Waals surface area contributed by atoms with Gasteiger partial charge in [0.25, 0.3) is 11.6 Å². The van der Waals surface area contributed by atoms with E-state index in [2.05, 4.69) is 10.3 Å². The number of hydrogen-bond acceptors (Lipinski definition) is 10. The molecule has 0 saturated carbocycles. The molecule has 2 aliphatic rings. The van der Waals surface area contributed by atoms with Crippen LogP contribution in [0, 0.1) is 23.0 Å². The summed E-state index contributed by atoms with van der Waals surface area (Å²) in [4.78, 5) is 67.5. The van der Waals surface area contributed by atoms with Gasteiger partial charge in [-0.3, -0.25) is 29.3 Å². The van der Waals surface area contributed by atoms with Gasteiger partial charge in [0.15, 0.2) is 18.1 Å². The molecular formula is C31H26N4O8S2. The predicted octanol–water partition coefficient (Wildman–Crippen LogP) is 4.87. The van der Waals surface area contributed by atoms with E-state index in [4.69, 9.17) is 9.47 Å². The number of thioether (sulfide) groups is 1. The second-order valence-electron chi connectivity index (χ2n) is 10.3. The summed E-state index contributed by atoms with van der Waals surface area (Å²) in [6, 6.07) is 17.7. The molecule has 230 valence electrons. The number of carbonyl (C=O) groups excluding carboxylic acids is 3. The maximum absolute atomic E-state index is 14.0. The zero-order valence-electron chi connectivity index (χ0n) is 24.0. The fraction of sp³-hybridized carbons (Fsp3) is 0.226. The minimum Gasteiger partial charge on any atom is -0.490 e. The van der Waals surface area contributed by atoms with E-state index in [0.717, 1.165) is 33.6 Å². The summed E-state index contributed by atoms with van der Waals surface area (Å²) in [7, 11) is 0. The number of para-hydroxylation sites is 1. The maximum Gasteiger partial charge on any atom is 0.305 e. The number of nitrogens with one attached hydrogen (secondary N) is 2. The van der Waals surface area contributed by atoms with E-state index in [1.807, 2.05) is 25.1 Å². The lowest BCUT2D eigenvalue weighted by molar-refractivity contribution is -0.384. The van der Waals surface area contributed by atoms with E-state index < -0.39 is 33.8 Å². The lowest BCUT2D eigenvalue weighted by Gasteiger charge is -2.30. The maximum atomic E-state index is 14.0. The van der Waals surface area contributed by atoms with Gasteiger partial charge in [-0.25, -0.2) is 4.90 Å². The number of fused-ring (bicyclic) bond motifs is 2. The number of aromatic nitrogens is 1. The molecule has 2 N–H and O–H groups in total. The molecule has 14 heteroatoms. The molecule has 2 aliphatic heterocycles.